The Morgan fingerprint density at radius 2 is 1.81 bits per heavy atom. The van der Waals surface area contributed by atoms with Crippen molar-refractivity contribution < 1.29 is 39.3 Å². The monoisotopic (exact) mass is 510 g/mol. The number of carbonyl (C=O) groups excluding carboxylic acids is 5. The maximum absolute atomic E-state index is 14.0. The number of hydrogen-bond acceptors (Lipinski definition) is 9. The Labute approximate surface area is 213 Å². The lowest BCUT2D eigenvalue weighted by molar-refractivity contribution is -0.196. The van der Waals surface area contributed by atoms with Gasteiger partial charge in [-0.15, -0.1) is 0 Å². The molecule has 8 atom stereocenters. The van der Waals surface area contributed by atoms with Crippen molar-refractivity contribution in [2.45, 2.75) is 49.9 Å². The van der Waals surface area contributed by atoms with Crippen molar-refractivity contribution in [3.05, 3.63) is 34.9 Å². The number of benzene rings is 1. The number of phenolic OH excluding ortho intramolecular Hbond substituents is 1. The number of fused-ring (bicyclic) bond motifs is 3. The maximum atomic E-state index is 14.0. The molecule has 0 bridgehead atoms. The van der Waals surface area contributed by atoms with Crippen LogP contribution in [0.3, 0.4) is 0 Å². The van der Waals surface area contributed by atoms with Gasteiger partial charge in [0.15, 0.2) is 34.7 Å². The minimum absolute atomic E-state index is 0.0726. The molecule has 1 amide bonds. The molecule has 5 rings (SSSR count). The lowest BCUT2D eigenvalue weighted by atomic mass is 9.49. The van der Waals surface area contributed by atoms with Crippen molar-refractivity contribution in [3.8, 4) is 5.75 Å². The summed E-state index contributed by atoms with van der Waals surface area (Å²) in [6.45, 7) is 1.73. The lowest BCUT2D eigenvalue weighted by Crippen LogP contribution is -2.77. The van der Waals surface area contributed by atoms with Gasteiger partial charge in [0.2, 0.25) is 5.91 Å². The van der Waals surface area contributed by atoms with E-state index in [2.05, 4.69) is 6.08 Å². The number of amides is 1. The number of likely N-dealkylation sites (N-methyl/N-ethyl adjacent to an activating group) is 1. The van der Waals surface area contributed by atoms with E-state index >= 15 is 0 Å². The van der Waals surface area contributed by atoms with Crippen LogP contribution in [0.15, 0.2) is 18.2 Å². The number of aromatic hydroxyl groups is 1. The van der Waals surface area contributed by atoms with Crippen LogP contribution in [0.25, 0.3) is 5.57 Å². The van der Waals surface area contributed by atoms with E-state index in [9.17, 15) is 39.3 Å². The van der Waals surface area contributed by atoms with Gasteiger partial charge in [0.1, 0.15) is 5.75 Å². The molecule has 0 aromatic heterocycles. The van der Waals surface area contributed by atoms with E-state index in [0.29, 0.717) is 5.56 Å². The Morgan fingerprint density at radius 1 is 1.14 bits per heavy atom. The predicted molar refractivity (Wildman–Crippen MR) is 129 cm³/mol. The second-order valence-electron chi connectivity index (χ2n) is 10.9. The van der Waals surface area contributed by atoms with Crippen molar-refractivity contribution in [3.63, 3.8) is 0 Å². The Bertz CT molecular complexity index is 1300. The molecule has 5 N–H and O–H groups in total. The molecule has 0 radical (unpaired) electrons. The first-order valence-corrected chi connectivity index (χ1v) is 12.4. The standard InChI is InChI=1S/C27H30N2O8/c1-10-14-12(11-6-4-5-7-11)8-9-13(30)16(14)21(31)17-15(10)22(32)19-20(29(2)3)23(33)18(26(28)36)25(35)27(19,37)24(17)34/h6,8-10,15,17-20,22,30,32,37H,4-5,7H2,1-3H3,(H2,28,36)/t10-,15?,17?,18?,19?,20-,22-,27-/m0/s1. The molecule has 10 nitrogen and oxygen atoms in total. The topological polar surface area (TPSA) is 175 Å². The van der Waals surface area contributed by atoms with Gasteiger partial charge in [-0.05, 0) is 62.0 Å². The summed E-state index contributed by atoms with van der Waals surface area (Å²) in [5.74, 6) is -13.1. The summed E-state index contributed by atoms with van der Waals surface area (Å²) < 4.78 is 0. The molecule has 0 spiro atoms. The second kappa shape index (κ2) is 8.41. The summed E-state index contributed by atoms with van der Waals surface area (Å²) in [5, 5.41) is 34.1. The van der Waals surface area contributed by atoms with Crippen molar-refractivity contribution >= 4 is 34.6 Å². The van der Waals surface area contributed by atoms with Crippen molar-refractivity contribution in [2.24, 2.45) is 29.4 Å². The summed E-state index contributed by atoms with van der Waals surface area (Å²) >= 11 is 0. The van der Waals surface area contributed by atoms with E-state index in [1.807, 2.05) is 0 Å². The highest BCUT2D eigenvalue weighted by molar-refractivity contribution is 6.32. The molecular formula is C27H30N2O8. The summed E-state index contributed by atoms with van der Waals surface area (Å²) in [5.41, 5.74) is 4.51. The number of phenols is 1. The molecule has 0 saturated heterocycles. The third kappa shape index (κ3) is 3.19. The number of aliphatic hydroxyl groups is 2. The van der Waals surface area contributed by atoms with Crippen LogP contribution in [0.5, 0.6) is 5.75 Å². The second-order valence-corrected chi connectivity index (χ2v) is 10.9. The van der Waals surface area contributed by atoms with Crippen LogP contribution in [0, 0.1) is 23.7 Å². The van der Waals surface area contributed by atoms with Gasteiger partial charge in [0.05, 0.1) is 29.5 Å². The number of aliphatic hydroxyl groups excluding tert-OH is 1. The highest BCUT2D eigenvalue weighted by Crippen LogP contribution is 2.55. The van der Waals surface area contributed by atoms with Crippen LogP contribution in [0.4, 0.5) is 0 Å². The Hall–Kier alpha value is -3.21. The van der Waals surface area contributed by atoms with Gasteiger partial charge in [-0.3, -0.25) is 28.9 Å². The fourth-order valence-electron chi connectivity index (χ4n) is 7.26. The number of allylic oxidation sites excluding steroid dienone is 2. The first-order chi connectivity index (χ1) is 17.3. The molecule has 2 saturated carbocycles. The van der Waals surface area contributed by atoms with E-state index in [0.717, 1.165) is 30.4 Å². The molecule has 37 heavy (non-hydrogen) atoms. The molecule has 1 aromatic rings. The highest BCUT2D eigenvalue weighted by Gasteiger charge is 2.73. The minimum atomic E-state index is -2.99. The van der Waals surface area contributed by atoms with Crippen LogP contribution >= 0.6 is 0 Å². The number of nitrogens with two attached hydrogens (primary N) is 1. The van der Waals surface area contributed by atoms with Crippen LogP contribution in [-0.4, -0.2) is 81.1 Å². The van der Waals surface area contributed by atoms with E-state index < -0.39 is 76.4 Å². The van der Waals surface area contributed by atoms with E-state index in [-0.39, 0.29) is 11.3 Å². The van der Waals surface area contributed by atoms with Crippen LogP contribution in [0.1, 0.15) is 53.6 Å². The molecule has 4 unspecified atom stereocenters. The predicted octanol–water partition coefficient (Wildman–Crippen LogP) is -0.0339. The smallest absolute Gasteiger partial charge is 0.235 e. The molecule has 2 fully saturated rings. The van der Waals surface area contributed by atoms with Crippen LogP contribution < -0.4 is 5.73 Å². The number of ketones is 4. The van der Waals surface area contributed by atoms with Crippen LogP contribution in [-0.2, 0) is 19.2 Å². The van der Waals surface area contributed by atoms with Crippen molar-refractivity contribution in [1.82, 2.24) is 4.90 Å². The zero-order valence-corrected chi connectivity index (χ0v) is 20.8. The average Bonchev–Trinajstić information content (AvgIpc) is 3.36. The summed E-state index contributed by atoms with van der Waals surface area (Å²) in [4.78, 5) is 67.8. The Morgan fingerprint density at radius 3 is 2.38 bits per heavy atom. The van der Waals surface area contributed by atoms with Crippen molar-refractivity contribution in [2.75, 3.05) is 14.1 Å². The van der Waals surface area contributed by atoms with Gasteiger partial charge >= 0.3 is 0 Å². The highest BCUT2D eigenvalue weighted by atomic mass is 16.3. The number of Topliss-reactive ketones (excluding diaryl/α,β-unsaturated/α-hetero) is 4. The number of primary amides is 1. The minimum Gasteiger partial charge on any atom is -0.507 e. The lowest BCUT2D eigenvalue weighted by Gasteiger charge is -2.56. The van der Waals surface area contributed by atoms with Gasteiger partial charge in [-0.2, -0.15) is 0 Å². The first kappa shape index (κ1) is 25.4. The normalized spacial score (nSPS) is 37.2. The quantitative estimate of drug-likeness (QED) is 0.407. The van der Waals surface area contributed by atoms with Gasteiger partial charge in [-0.1, -0.05) is 19.1 Å². The zero-order valence-electron chi connectivity index (χ0n) is 20.8. The third-order valence-corrected chi connectivity index (χ3v) is 8.85. The molecule has 4 aliphatic rings. The fourth-order valence-corrected chi connectivity index (χ4v) is 7.26. The Kier molecular flexibility index (Phi) is 5.78. The van der Waals surface area contributed by atoms with Gasteiger partial charge in [0.25, 0.3) is 0 Å². The van der Waals surface area contributed by atoms with E-state index in [1.165, 1.54) is 25.1 Å². The first-order valence-electron chi connectivity index (χ1n) is 12.4. The molecular weight excluding hydrogens is 480 g/mol. The zero-order chi connectivity index (χ0) is 27.1. The van der Waals surface area contributed by atoms with Gasteiger partial charge < -0.3 is 21.1 Å². The summed E-state index contributed by atoms with van der Waals surface area (Å²) in [6.07, 6.45) is 3.00. The third-order valence-electron chi connectivity index (χ3n) is 8.85. The average molecular weight is 511 g/mol. The van der Waals surface area contributed by atoms with Gasteiger partial charge in [-0.25, -0.2) is 0 Å². The fraction of sp³-hybridized carbons (Fsp3) is 0.519. The van der Waals surface area contributed by atoms with Crippen LogP contribution in [0.2, 0.25) is 0 Å². The molecule has 196 valence electrons. The van der Waals surface area contributed by atoms with E-state index in [4.69, 9.17) is 5.73 Å². The Balaban J connectivity index is 1.73. The molecule has 1 aromatic carbocycles. The summed E-state index contributed by atoms with van der Waals surface area (Å²) in [6, 6.07) is 1.72. The molecule has 4 aliphatic carbocycles. The number of rotatable bonds is 3. The maximum Gasteiger partial charge on any atom is 0.235 e. The van der Waals surface area contributed by atoms with Crippen molar-refractivity contribution in [1.29, 1.82) is 0 Å². The van der Waals surface area contributed by atoms with E-state index in [1.54, 1.807) is 13.0 Å². The largest absolute Gasteiger partial charge is 0.507 e. The SMILES string of the molecule is C[C@H]1c2c(C3=CCCC3)ccc(O)c2C(=O)C2C(=O)[C@]3(O)C(=O)C(C(N)=O)C(=O)[C@@H](N(C)C)C3[C@@H](O)C21. The van der Waals surface area contributed by atoms with Gasteiger partial charge in [0, 0.05) is 5.92 Å². The number of nitrogens with zero attached hydrogens (tertiary/aromatic N) is 1. The number of carbonyl (C=O) groups is 5. The molecule has 0 aliphatic heterocycles. The summed E-state index contributed by atoms with van der Waals surface area (Å²) in [7, 11) is 2.93. The molecule has 10 heteroatoms. The molecule has 0 heterocycles. The number of hydrogen-bond donors (Lipinski definition) is 4.